The summed E-state index contributed by atoms with van der Waals surface area (Å²) in [5, 5.41) is 7.21. The van der Waals surface area contributed by atoms with Crippen LogP contribution in [0.4, 0.5) is 8.78 Å². The molecule has 1 amide bonds. The summed E-state index contributed by atoms with van der Waals surface area (Å²) in [5.74, 6) is -3.47. The van der Waals surface area contributed by atoms with Crippen LogP contribution in [0.2, 0.25) is 0 Å². The Morgan fingerprint density at radius 3 is 2.96 bits per heavy atom. The lowest BCUT2D eigenvalue weighted by atomic mass is 9.81. The Balaban J connectivity index is 1.31. The van der Waals surface area contributed by atoms with Gasteiger partial charge >= 0.3 is 0 Å². The van der Waals surface area contributed by atoms with Crippen LogP contribution in [0.1, 0.15) is 36.6 Å². The molecule has 8 heteroatoms. The SMILES string of the molecule is O=C(NCC[C@H]1CN(Cc2ccoc2)Cc2ccnn21)C1CC(F)(F)C1. The van der Waals surface area contributed by atoms with Crippen molar-refractivity contribution in [3.05, 3.63) is 42.1 Å². The molecule has 1 fully saturated rings. The molecule has 26 heavy (non-hydrogen) atoms. The van der Waals surface area contributed by atoms with Crippen LogP contribution >= 0.6 is 0 Å². The third-order valence-electron chi connectivity index (χ3n) is 5.18. The maximum Gasteiger partial charge on any atom is 0.249 e. The number of carbonyl (C=O) groups is 1. The number of alkyl halides is 2. The molecule has 0 unspecified atom stereocenters. The number of nitrogens with zero attached hydrogens (tertiary/aromatic N) is 3. The van der Waals surface area contributed by atoms with Crippen molar-refractivity contribution in [2.75, 3.05) is 13.1 Å². The molecular formula is C18H22F2N4O2. The van der Waals surface area contributed by atoms with E-state index in [1.54, 1.807) is 18.7 Å². The molecule has 0 spiro atoms. The van der Waals surface area contributed by atoms with Crippen LogP contribution in [0.3, 0.4) is 0 Å². The first kappa shape index (κ1) is 17.2. The second kappa shape index (κ2) is 6.83. The summed E-state index contributed by atoms with van der Waals surface area (Å²) < 4.78 is 32.9. The number of aromatic nitrogens is 2. The van der Waals surface area contributed by atoms with Gasteiger partial charge in [-0.2, -0.15) is 5.10 Å². The predicted octanol–water partition coefficient (Wildman–Crippen LogP) is 2.58. The van der Waals surface area contributed by atoms with Crippen LogP contribution in [-0.4, -0.2) is 39.6 Å². The second-order valence-electron chi connectivity index (χ2n) is 7.26. The first-order valence-corrected chi connectivity index (χ1v) is 8.91. The van der Waals surface area contributed by atoms with Gasteiger partial charge in [-0.1, -0.05) is 0 Å². The van der Waals surface area contributed by atoms with Crippen molar-refractivity contribution in [3.8, 4) is 0 Å². The van der Waals surface area contributed by atoms with Crippen LogP contribution in [-0.2, 0) is 17.9 Å². The van der Waals surface area contributed by atoms with Crippen molar-refractivity contribution < 1.29 is 18.0 Å². The summed E-state index contributed by atoms with van der Waals surface area (Å²) in [6.45, 7) is 2.88. The molecule has 2 aromatic heterocycles. The standard InChI is InChI=1S/C18H22F2N4O2/c19-18(20)7-14(8-18)17(25)21-4-1-15-10-23(9-13-3-6-26-12-13)11-16-2-5-22-24(15)16/h2-3,5-6,12,14-15H,1,4,7-11H2,(H,21,25)/t15-/m0/s1. The molecule has 0 aromatic carbocycles. The van der Waals surface area contributed by atoms with E-state index in [4.69, 9.17) is 4.42 Å². The number of furan rings is 1. The molecule has 140 valence electrons. The van der Waals surface area contributed by atoms with Crippen LogP contribution < -0.4 is 5.32 Å². The number of nitrogens with one attached hydrogen (secondary N) is 1. The van der Waals surface area contributed by atoms with Crippen LogP contribution in [0.15, 0.2) is 35.3 Å². The molecule has 2 aromatic rings. The Hall–Kier alpha value is -2.22. The van der Waals surface area contributed by atoms with Crippen LogP contribution in [0, 0.1) is 5.92 Å². The summed E-state index contributed by atoms with van der Waals surface area (Å²) in [4.78, 5) is 14.3. The van der Waals surface area contributed by atoms with Crippen molar-refractivity contribution in [3.63, 3.8) is 0 Å². The summed E-state index contributed by atoms with van der Waals surface area (Å²) in [6.07, 6.45) is 5.26. The van der Waals surface area contributed by atoms with E-state index in [0.29, 0.717) is 13.0 Å². The topological polar surface area (TPSA) is 63.3 Å². The number of hydrogen-bond donors (Lipinski definition) is 1. The smallest absolute Gasteiger partial charge is 0.249 e. The zero-order valence-electron chi connectivity index (χ0n) is 14.4. The third-order valence-corrected chi connectivity index (χ3v) is 5.18. The van der Waals surface area contributed by atoms with Crippen molar-refractivity contribution in [2.24, 2.45) is 5.92 Å². The Kier molecular flexibility index (Phi) is 4.52. The zero-order chi connectivity index (χ0) is 18.1. The van der Waals surface area contributed by atoms with Gasteiger partial charge in [0, 0.05) is 56.7 Å². The van der Waals surface area contributed by atoms with E-state index < -0.39 is 11.8 Å². The number of carbonyl (C=O) groups excluding carboxylic acids is 1. The molecule has 1 saturated carbocycles. The van der Waals surface area contributed by atoms with Gasteiger partial charge < -0.3 is 9.73 Å². The number of amides is 1. The number of halogens is 2. The van der Waals surface area contributed by atoms with Gasteiger partial charge in [-0.05, 0) is 18.6 Å². The summed E-state index contributed by atoms with van der Waals surface area (Å²) in [7, 11) is 0. The van der Waals surface area contributed by atoms with Crippen molar-refractivity contribution in [2.45, 2.75) is 44.3 Å². The van der Waals surface area contributed by atoms with E-state index in [1.807, 2.05) is 16.8 Å². The van der Waals surface area contributed by atoms with E-state index >= 15 is 0 Å². The molecule has 1 atom stereocenters. The fourth-order valence-corrected chi connectivity index (χ4v) is 3.79. The largest absolute Gasteiger partial charge is 0.472 e. The summed E-state index contributed by atoms with van der Waals surface area (Å²) >= 11 is 0. The van der Waals surface area contributed by atoms with Gasteiger partial charge in [-0.3, -0.25) is 14.4 Å². The highest BCUT2D eigenvalue weighted by molar-refractivity contribution is 5.79. The van der Waals surface area contributed by atoms with E-state index in [1.165, 1.54) is 0 Å². The van der Waals surface area contributed by atoms with E-state index in [2.05, 4.69) is 15.3 Å². The minimum absolute atomic E-state index is 0.142. The Bertz CT molecular complexity index is 751. The van der Waals surface area contributed by atoms with E-state index in [-0.39, 0.29) is 24.8 Å². The molecule has 6 nitrogen and oxygen atoms in total. The molecule has 2 aliphatic rings. The molecule has 0 radical (unpaired) electrons. The summed E-state index contributed by atoms with van der Waals surface area (Å²) in [6, 6.07) is 4.10. The van der Waals surface area contributed by atoms with E-state index in [9.17, 15) is 13.6 Å². The second-order valence-corrected chi connectivity index (χ2v) is 7.26. The normalized spacial score (nSPS) is 22.6. The lowest BCUT2D eigenvalue weighted by Crippen LogP contribution is -2.45. The molecule has 0 saturated heterocycles. The molecule has 1 aliphatic heterocycles. The number of rotatable bonds is 6. The average molecular weight is 364 g/mol. The maximum absolute atomic E-state index is 12.9. The van der Waals surface area contributed by atoms with Crippen LogP contribution in [0.25, 0.3) is 0 Å². The number of hydrogen-bond acceptors (Lipinski definition) is 4. The Labute approximate surface area is 150 Å². The average Bonchev–Trinajstić information content (AvgIpc) is 3.23. The highest BCUT2D eigenvalue weighted by Crippen LogP contribution is 2.42. The molecule has 3 heterocycles. The first-order chi connectivity index (χ1) is 12.5. The lowest BCUT2D eigenvalue weighted by Gasteiger charge is -2.35. The van der Waals surface area contributed by atoms with Crippen LogP contribution in [0.5, 0.6) is 0 Å². The van der Waals surface area contributed by atoms with Gasteiger partial charge in [-0.15, -0.1) is 0 Å². The molecule has 1 N–H and O–H groups in total. The van der Waals surface area contributed by atoms with E-state index in [0.717, 1.165) is 30.9 Å². The fourth-order valence-electron chi connectivity index (χ4n) is 3.79. The van der Waals surface area contributed by atoms with Crippen molar-refractivity contribution in [1.29, 1.82) is 0 Å². The molecule has 4 rings (SSSR count). The fraction of sp³-hybridized carbons (Fsp3) is 0.556. The predicted molar refractivity (Wildman–Crippen MR) is 89.4 cm³/mol. The monoisotopic (exact) mass is 364 g/mol. The Morgan fingerprint density at radius 1 is 1.38 bits per heavy atom. The Morgan fingerprint density at radius 2 is 2.23 bits per heavy atom. The van der Waals surface area contributed by atoms with Gasteiger partial charge in [0.15, 0.2) is 0 Å². The van der Waals surface area contributed by atoms with Crippen molar-refractivity contribution >= 4 is 5.91 Å². The highest BCUT2D eigenvalue weighted by atomic mass is 19.3. The maximum atomic E-state index is 12.9. The quantitative estimate of drug-likeness (QED) is 0.856. The van der Waals surface area contributed by atoms with Gasteiger partial charge in [-0.25, -0.2) is 8.78 Å². The van der Waals surface area contributed by atoms with Gasteiger partial charge in [0.25, 0.3) is 0 Å². The first-order valence-electron chi connectivity index (χ1n) is 8.91. The lowest BCUT2D eigenvalue weighted by molar-refractivity contribution is -0.150. The molecular weight excluding hydrogens is 342 g/mol. The van der Waals surface area contributed by atoms with Crippen molar-refractivity contribution in [1.82, 2.24) is 20.0 Å². The van der Waals surface area contributed by atoms with Gasteiger partial charge in [0.2, 0.25) is 11.8 Å². The minimum atomic E-state index is -2.66. The summed E-state index contributed by atoms with van der Waals surface area (Å²) in [5.41, 5.74) is 2.26. The number of fused-ring (bicyclic) bond motifs is 1. The highest BCUT2D eigenvalue weighted by Gasteiger charge is 2.48. The molecule has 1 aliphatic carbocycles. The van der Waals surface area contributed by atoms with Gasteiger partial charge in [0.05, 0.1) is 24.3 Å². The molecule has 0 bridgehead atoms. The zero-order valence-corrected chi connectivity index (χ0v) is 14.4. The third kappa shape index (κ3) is 3.65. The van der Waals surface area contributed by atoms with Gasteiger partial charge in [0.1, 0.15) is 0 Å². The minimum Gasteiger partial charge on any atom is -0.472 e.